The van der Waals surface area contributed by atoms with Crippen LogP contribution in [0.1, 0.15) is 31.2 Å². The molecule has 0 spiro atoms. The first-order valence-corrected chi connectivity index (χ1v) is 8.92. The number of benzene rings is 1. The van der Waals surface area contributed by atoms with E-state index in [1.807, 2.05) is 12.1 Å². The van der Waals surface area contributed by atoms with Crippen LogP contribution in [0.2, 0.25) is 0 Å². The van der Waals surface area contributed by atoms with Crippen LogP contribution in [-0.2, 0) is 16.0 Å². The Morgan fingerprint density at radius 1 is 1.15 bits per heavy atom. The summed E-state index contributed by atoms with van der Waals surface area (Å²) in [5.41, 5.74) is 6.56. The topological polar surface area (TPSA) is 114 Å². The van der Waals surface area contributed by atoms with E-state index < -0.39 is 12.1 Å². The number of rotatable bonds is 6. The van der Waals surface area contributed by atoms with Crippen molar-refractivity contribution in [2.45, 2.75) is 44.2 Å². The van der Waals surface area contributed by atoms with Crippen LogP contribution >= 0.6 is 0 Å². The van der Waals surface area contributed by atoms with Gasteiger partial charge < -0.3 is 26.0 Å². The summed E-state index contributed by atoms with van der Waals surface area (Å²) in [6.07, 6.45) is 3.30. The van der Waals surface area contributed by atoms with E-state index in [4.69, 9.17) is 10.5 Å². The van der Waals surface area contributed by atoms with E-state index in [0.717, 1.165) is 24.8 Å². The number of amides is 4. The maximum Gasteiger partial charge on any atom is 0.404 e. The number of carbonyl (C=O) groups is 3. The number of nitrogens with two attached hydrogens (primary N) is 1. The van der Waals surface area contributed by atoms with Gasteiger partial charge in [0.15, 0.2) is 0 Å². The third kappa shape index (κ3) is 4.87. The molecule has 8 nitrogen and oxygen atoms in total. The fraction of sp³-hybridized carbons (Fsp3) is 0.500. The number of nitrogens with one attached hydrogen (secondary N) is 2. The number of hydrogen-bond acceptors (Lipinski definition) is 4. The van der Waals surface area contributed by atoms with Gasteiger partial charge in [-0.3, -0.25) is 4.79 Å². The molecule has 140 valence electrons. The van der Waals surface area contributed by atoms with Gasteiger partial charge in [-0.2, -0.15) is 0 Å². The number of primary amides is 1. The van der Waals surface area contributed by atoms with Crippen LogP contribution in [0.25, 0.3) is 0 Å². The van der Waals surface area contributed by atoms with E-state index in [9.17, 15) is 14.4 Å². The molecule has 1 aromatic carbocycles. The van der Waals surface area contributed by atoms with Crippen molar-refractivity contribution in [1.29, 1.82) is 0 Å². The van der Waals surface area contributed by atoms with Gasteiger partial charge in [0.2, 0.25) is 5.91 Å². The Bertz CT molecular complexity index is 672. The van der Waals surface area contributed by atoms with Crippen LogP contribution in [0.5, 0.6) is 0 Å². The van der Waals surface area contributed by atoms with Crippen LogP contribution in [0.15, 0.2) is 24.3 Å². The molecule has 2 fully saturated rings. The minimum absolute atomic E-state index is 0.144. The lowest BCUT2D eigenvalue weighted by atomic mass is 10.1. The summed E-state index contributed by atoms with van der Waals surface area (Å²) in [6, 6.07) is 6.99. The molecule has 0 bridgehead atoms. The summed E-state index contributed by atoms with van der Waals surface area (Å²) >= 11 is 0. The first-order valence-electron chi connectivity index (χ1n) is 8.92. The lowest BCUT2D eigenvalue weighted by Gasteiger charge is -2.24. The minimum Gasteiger partial charge on any atom is -0.449 e. The fourth-order valence-corrected chi connectivity index (χ4v) is 3.02. The smallest absolute Gasteiger partial charge is 0.404 e. The van der Waals surface area contributed by atoms with Crippen molar-refractivity contribution < 1.29 is 19.1 Å². The van der Waals surface area contributed by atoms with Gasteiger partial charge in [-0.25, -0.2) is 9.59 Å². The summed E-state index contributed by atoms with van der Waals surface area (Å²) in [7, 11) is 0. The summed E-state index contributed by atoms with van der Waals surface area (Å²) < 4.78 is 4.70. The second-order valence-corrected chi connectivity index (χ2v) is 6.68. The molecule has 3 rings (SSSR count). The summed E-state index contributed by atoms with van der Waals surface area (Å²) in [5.74, 6) is -0.168. The van der Waals surface area contributed by atoms with Crippen molar-refractivity contribution in [2.24, 2.45) is 5.73 Å². The SMILES string of the molecule is NC(=O)OCCc1ccc(NC(=O)[C@H]2CCCN2C(=O)NC2CC2)cc1. The van der Waals surface area contributed by atoms with Crippen LogP contribution in [0.3, 0.4) is 0 Å². The van der Waals surface area contributed by atoms with Crippen molar-refractivity contribution in [1.82, 2.24) is 10.2 Å². The maximum absolute atomic E-state index is 12.6. The number of nitrogens with zero attached hydrogens (tertiary/aromatic N) is 1. The predicted octanol–water partition coefficient (Wildman–Crippen LogP) is 1.60. The van der Waals surface area contributed by atoms with E-state index in [1.54, 1.807) is 17.0 Å². The molecule has 1 atom stereocenters. The molecule has 4 N–H and O–H groups in total. The van der Waals surface area contributed by atoms with Gasteiger partial charge in [-0.15, -0.1) is 0 Å². The second kappa shape index (κ2) is 8.07. The highest BCUT2D eigenvalue weighted by molar-refractivity contribution is 5.97. The summed E-state index contributed by atoms with van der Waals surface area (Å²) in [5, 5.41) is 5.81. The van der Waals surface area contributed by atoms with E-state index in [2.05, 4.69) is 10.6 Å². The molecule has 1 aliphatic carbocycles. The molecule has 26 heavy (non-hydrogen) atoms. The quantitative estimate of drug-likeness (QED) is 0.715. The normalized spacial score (nSPS) is 19.1. The standard InChI is InChI=1S/C18H24N4O4/c19-17(24)26-11-9-12-3-5-13(6-4-12)20-16(23)15-2-1-10-22(15)18(25)21-14-7-8-14/h3-6,14-15H,1-2,7-11H2,(H2,19,24)(H,20,23)(H,21,25)/t15-/m1/s1. The highest BCUT2D eigenvalue weighted by Crippen LogP contribution is 2.23. The van der Waals surface area contributed by atoms with E-state index in [0.29, 0.717) is 25.1 Å². The number of carbonyl (C=O) groups excluding carboxylic acids is 3. The zero-order valence-corrected chi connectivity index (χ0v) is 14.6. The van der Waals surface area contributed by atoms with E-state index in [1.165, 1.54) is 0 Å². The molecular formula is C18H24N4O4. The first-order chi connectivity index (χ1) is 12.5. The Morgan fingerprint density at radius 3 is 2.54 bits per heavy atom. The molecule has 8 heteroatoms. The molecule has 1 saturated carbocycles. The first kappa shape index (κ1) is 18.0. The molecule has 1 saturated heterocycles. The van der Waals surface area contributed by atoms with Gasteiger partial charge in [-0.05, 0) is 43.4 Å². The number of likely N-dealkylation sites (tertiary alicyclic amines) is 1. The predicted molar refractivity (Wildman–Crippen MR) is 95.6 cm³/mol. The molecule has 1 aliphatic heterocycles. The van der Waals surface area contributed by atoms with Gasteiger partial charge in [0, 0.05) is 24.7 Å². The number of urea groups is 1. The average molecular weight is 360 g/mol. The number of ether oxygens (including phenoxy) is 1. The average Bonchev–Trinajstić information content (AvgIpc) is 3.27. The Labute approximate surface area is 152 Å². The largest absolute Gasteiger partial charge is 0.449 e. The second-order valence-electron chi connectivity index (χ2n) is 6.68. The Balaban J connectivity index is 1.51. The van der Waals surface area contributed by atoms with Crippen molar-refractivity contribution >= 4 is 23.7 Å². The maximum atomic E-state index is 12.6. The van der Waals surface area contributed by atoms with Crippen LogP contribution in [0, 0.1) is 0 Å². The Morgan fingerprint density at radius 2 is 1.88 bits per heavy atom. The van der Waals surface area contributed by atoms with E-state index >= 15 is 0 Å². The van der Waals surface area contributed by atoms with Crippen molar-refractivity contribution in [3.8, 4) is 0 Å². The molecule has 2 aliphatic rings. The van der Waals surface area contributed by atoms with Gasteiger partial charge in [-0.1, -0.05) is 12.1 Å². The van der Waals surface area contributed by atoms with Crippen molar-refractivity contribution in [3.63, 3.8) is 0 Å². The van der Waals surface area contributed by atoms with Crippen LogP contribution in [0.4, 0.5) is 15.3 Å². The molecule has 0 radical (unpaired) electrons. The minimum atomic E-state index is -0.791. The monoisotopic (exact) mass is 360 g/mol. The van der Waals surface area contributed by atoms with Gasteiger partial charge in [0.05, 0.1) is 6.61 Å². The highest BCUT2D eigenvalue weighted by Gasteiger charge is 2.36. The number of hydrogen-bond donors (Lipinski definition) is 3. The van der Waals surface area contributed by atoms with Crippen LogP contribution < -0.4 is 16.4 Å². The van der Waals surface area contributed by atoms with E-state index in [-0.39, 0.29) is 24.6 Å². The third-order valence-electron chi connectivity index (χ3n) is 4.58. The number of anilines is 1. The molecule has 0 unspecified atom stereocenters. The molecule has 0 aromatic heterocycles. The Hall–Kier alpha value is -2.77. The third-order valence-corrected chi connectivity index (χ3v) is 4.58. The van der Waals surface area contributed by atoms with Crippen molar-refractivity contribution in [2.75, 3.05) is 18.5 Å². The lowest BCUT2D eigenvalue weighted by Crippen LogP contribution is -2.48. The fourth-order valence-electron chi connectivity index (χ4n) is 3.02. The lowest BCUT2D eigenvalue weighted by molar-refractivity contribution is -0.119. The molecule has 1 heterocycles. The summed E-state index contributed by atoms with van der Waals surface area (Å²) in [4.78, 5) is 37.0. The molecule has 4 amide bonds. The zero-order valence-electron chi connectivity index (χ0n) is 14.6. The highest BCUT2D eigenvalue weighted by atomic mass is 16.5. The van der Waals surface area contributed by atoms with Crippen LogP contribution in [-0.4, -0.2) is 48.2 Å². The Kier molecular flexibility index (Phi) is 5.60. The molecule has 1 aromatic rings. The molecular weight excluding hydrogens is 336 g/mol. The summed E-state index contributed by atoms with van der Waals surface area (Å²) in [6.45, 7) is 0.823. The zero-order chi connectivity index (χ0) is 18.5. The van der Waals surface area contributed by atoms with Gasteiger partial charge >= 0.3 is 12.1 Å². The van der Waals surface area contributed by atoms with Gasteiger partial charge in [0.1, 0.15) is 6.04 Å². The van der Waals surface area contributed by atoms with Crippen molar-refractivity contribution in [3.05, 3.63) is 29.8 Å². The van der Waals surface area contributed by atoms with Gasteiger partial charge in [0.25, 0.3) is 0 Å².